The van der Waals surface area contributed by atoms with Crippen molar-refractivity contribution in [2.45, 2.75) is 44.8 Å². The second-order valence-corrected chi connectivity index (χ2v) is 7.99. The molecule has 3 N–H and O–H groups in total. The highest BCUT2D eigenvalue weighted by molar-refractivity contribution is 6.01. The van der Waals surface area contributed by atoms with Gasteiger partial charge in [-0.05, 0) is 50.3 Å². The first-order valence-electron chi connectivity index (χ1n) is 10.3. The second-order valence-electron chi connectivity index (χ2n) is 7.99. The van der Waals surface area contributed by atoms with Gasteiger partial charge in [-0.3, -0.25) is 14.8 Å². The molecule has 0 bridgehead atoms. The summed E-state index contributed by atoms with van der Waals surface area (Å²) in [5, 5.41) is 19.3. The molecule has 1 saturated carbocycles. The van der Waals surface area contributed by atoms with Gasteiger partial charge in [0.15, 0.2) is 17.5 Å². The maximum absolute atomic E-state index is 14.8. The summed E-state index contributed by atoms with van der Waals surface area (Å²) in [6.45, 7) is 2.01. The lowest BCUT2D eigenvalue weighted by atomic mass is 9.91. The van der Waals surface area contributed by atoms with Gasteiger partial charge in [0, 0.05) is 13.0 Å². The standard InChI is InChI=1S/C21H22FN7O2.H2/c1-11-6-15(19-25-10-26-28-19)16(22)7-14(11)17-8-23-20-21(27-17)29(18(31)9-24-20)12-2-4-13(30)5-3-12;/h6-8,10,12-13,30H,2-5,9H2,1H3,(H,23,24)(H,25,26,28);1H. The number of carbonyl (C=O) groups excluding carboxylic acids is 1. The highest BCUT2D eigenvalue weighted by atomic mass is 19.1. The molecule has 2 aromatic heterocycles. The van der Waals surface area contributed by atoms with Gasteiger partial charge >= 0.3 is 0 Å². The molecule has 10 heteroatoms. The van der Waals surface area contributed by atoms with Crippen LogP contribution in [0.4, 0.5) is 16.0 Å². The molecule has 0 unspecified atom stereocenters. The predicted molar refractivity (Wildman–Crippen MR) is 114 cm³/mol. The Bertz CT molecular complexity index is 1130. The quantitative estimate of drug-likeness (QED) is 0.590. The molecule has 1 aromatic carbocycles. The van der Waals surface area contributed by atoms with E-state index in [0.29, 0.717) is 60.0 Å². The van der Waals surface area contributed by atoms with Crippen LogP contribution in [0.3, 0.4) is 0 Å². The van der Waals surface area contributed by atoms with Crippen LogP contribution in [0.15, 0.2) is 24.7 Å². The van der Waals surface area contributed by atoms with Crippen LogP contribution in [0.5, 0.6) is 0 Å². The van der Waals surface area contributed by atoms with Crippen molar-refractivity contribution in [3.8, 4) is 22.6 Å². The summed E-state index contributed by atoms with van der Waals surface area (Å²) in [5.41, 5.74) is 2.19. The minimum atomic E-state index is -0.454. The number of nitrogens with one attached hydrogen (secondary N) is 2. The minimum Gasteiger partial charge on any atom is -0.393 e. The van der Waals surface area contributed by atoms with Crippen LogP contribution in [-0.4, -0.2) is 54.9 Å². The van der Waals surface area contributed by atoms with Crippen LogP contribution < -0.4 is 10.2 Å². The van der Waals surface area contributed by atoms with Crippen LogP contribution in [0.2, 0.25) is 0 Å². The van der Waals surface area contributed by atoms with Crippen molar-refractivity contribution in [3.63, 3.8) is 0 Å². The van der Waals surface area contributed by atoms with E-state index in [2.05, 4.69) is 25.5 Å². The lowest BCUT2D eigenvalue weighted by molar-refractivity contribution is -0.118. The number of aromatic amines is 1. The maximum atomic E-state index is 14.8. The first-order valence-corrected chi connectivity index (χ1v) is 10.3. The average Bonchev–Trinajstić information content (AvgIpc) is 3.30. The van der Waals surface area contributed by atoms with Crippen LogP contribution in [0.25, 0.3) is 22.6 Å². The third-order valence-corrected chi connectivity index (χ3v) is 5.95. The van der Waals surface area contributed by atoms with Crippen LogP contribution in [-0.2, 0) is 4.79 Å². The summed E-state index contributed by atoms with van der Waals surface area (Å²) >= 11 is 0. The first kappa shape index (κ1) is 19.6. The number of carbonyl (C=O) groups is 1. The lowest BCUT2D eigenvalue weighted by Crippen LogP contribution is -2.49. The summed E-state index contributed by atoms with van der Waals surface area (Å²) in [5.74, 6) is 0.803. The summed E-state index contributed by atoms with van der Waals surface area (Å²) in [4.78, 5) is 27.6. The molecule has 5 rings (SSSR count). The minimum absolute atomic E-state index is 0. The molecule has 9 nitrogen and oxygen atoms in total. The number of rotatable bonds is 3. The predicted octanol–water partition coefficient (Wildman–Crippen LogP) is 2.68. The zero-order valence-electron chi connectivity index (χ0n) is 17.0. The number of aliphatic hydroxyl groups excluding tert-OH is 1. The number of hydrogen-bond acceptors (Lipinski definition) is 7. The number of halogens is 1. The third-order valence-electron chi connectivity index (χ3n) is 5.95. The first-order chi connectivity index (χ1) is 15.0. The topological polar surface area (TPSA) is 120 Å². The van der Waals surface area contributed by atoms with E-state index < -0.39 is 5.82 Å². The molecular formula is C21H24FN7O2. The largest absolute Gasteiger partial charge is 0.393 e. The van der Waals surface area contributed by atoms with E-state index in [-0.39, 0.29) is 26.0 Å². The average molecular weight is 425 g/mol. The number of H-pyrrole nitrogens is 1. The number of aromatic nitrogens is 5. The normalized spacial score (nSPS) is 21.0. The highest BCUT2D eigenvalue weighted by Gasteiger charge is 2.35. The molecule has 1 fully saturated rings. The Morgan fingerprint density at radius 1 is 1.19 bits per heavy atom. The molecule has 0 atom stereocenters. The summed E-state index contributed by atoms with van der Waals surface area (Å²) in [7, 11) is 0. The van der Waals surface area contributed by atoms with E-state index >= 15 is 0 Å². The summed E-state index contributed by atoms with van der Waals surface area (Å²) in [6, 6.07) is 3.06. The van der Waals surface area contributed by atoms with Crippen molar-refractivity contribution in [1.29, 1.82) is 0 Å². The van der Waals surface area contributed by atoms with Gasteiger partial charge in [0.1, 0.15) is 12.1 Å². The van der Waals surface area contributed by atoms with Crippen molar-refractivity contribution < 1.29 is 15.7 Å². The van der Waals surface area contributed by atoms with Gasteiger partial charge in [0.25, 0.3) is 0 Å². The number of aliphatic hydroxyl groups is 1. The van der Waals surface area contributed by atoms with Gasteiger partial charge in [-0.15, -0.1) is 0 Å². The zero-order chi connectivity index (χ0) is 21.5. The van der Waals surface area contributed by atoms with E-state index in [4.69, 9.17) is 4.98 Å². The number of nitrogens with zero attached hydrogens (tertiary/aromatic N) is 5. The molecule has 31 heavy (non-hydrogen) atoms. The van der Waals surface area contributed by atoms with Crippen LogP contribution in [0.1, 0.15) is 32.7 Å². The monoisotopic (exact) mass is 425 g/mol. The Kier molecular flexibility index (Phi) is 4.85. The van der Waals surface area contributed by atoms with E-state index in [9.17, 15) is 14.3 Å². The van der Waals surface area contributed by atoms with Crippen molar-refractivity contribution in [3.05, 3.63) is 36.0 Å². The fraction of sp³-hybridized carbons (Fsp3) is 0.381. The van der Waals surface area contributed by atoms with Crippen LogP contribution >= 0.6 is 0 Å². The highest BCUT2D eigenvalue weighted by Crippen LogP contribution is 2.35. The van der Waals surface area contributed by atoms with Crippen molar-refractivity contribution >= 4 is 17.5 Å². The zero-order valence-corrected chi connectivity index (χ0v) is 17.0. The number of aryl methyl sites for hydroxylation is 1. The van der Waals surface area contributed by atoms with Gasteiger partial charge in [-0.2, -0.15) is 5.10 Å². The molecule has 1 aliphatic heterocycles. The molecule has 162 valence electrons. The van der Waals surface area contributed by atoms with E-state index in [1.807, 2.05) is 6.92 Å². The van der Waals surface area contributed by atoms with Gasteiger partial charge in [0.05, 0.1) is 30.1 Å². The summed E-state index contributed by atoms with van der Waals surface area (Å²) < 4.78 is 14.8. The van der Waals surface area contributed by atoms with E-state index in [1.54, 1.807) is 17.2 Å². The number of anilines is 2. The van der Waals surface area contributed by atoms with E-state index in [0.717, 1.165) is 5.56 Å². The molecule has 1 aliphatic carbocycles. The Morgan fingerprint density at radius 3 is 2.74 bits per heavy atom. The fourth-order valence-corrected chi connectivity index (χ4v) is 4.33. The number of benzene rings is 1. The molecular weight excluding hydrogens is 401 g/mol. The summed E-state index contributed by atoms with van der Waals surface area (Å²) in [6.07, 6.45) is 5.31. The van der Waals surface area contributed by atoms with E-state index in [1.165, 1.54) is 12.4 Å². The smallest absolute Gasteiger partial charge is 0.247 e. The molecule has 1 amide bonds. The fourth-order valence-electron chi connectivity index (χ4n) is 4.33. The Labute approximate surface area is 179 Å². The molecule has 0 saturated heterocycles. The number of fused-ring (bicyclic) bond motifs is 1. The van der Waals surface area contributed by atoms with Gasteiger partial charge in [-0.25, -0.2) is 19.3 Å². The Hall–Kier alpha value is -3.40. The SMILES string of the molecule is Cc1cc(-c2ncn[nH]2)c(F)cc1-c1cnc2c(n1)N(C1CCC(O)CC1)C(=O)CN2.[HH]. The molecule has 3 heterocycles. The Balaban J connectivity index is 0.00000245. The number of hydrogen-bond donors (Lipinski definition) is 3. The number of amides is 1. The van der Waals surface area contributed by atoms with Crippen molar-refractivity contribution in [2.24, 2.45) is 0 Å². The van der Waals surface area contributed by atoms with Crippen LogP contribution in [0, 0.1) is 12.7 Å². The third kappa shape index (κ3) is 3.52. The second kappa shape index (κ2) is 7.69. The molecule has 0 spiro atoms. The molecule has 3 aromatic rings. The van der Waals surface area contributed by atoms with Crippen molar-refractivity contribution in [2.75, 3.05) is 16.8 Å². The Morgan fingerprint density at radius 2 is 2.00 bits per heavy atom. The molecule has 0 radical (unpaired) electrons. The van der Waals surface area contributed by atoms with Gasteiger partial charge in [-0.1, -0.05) is 0 Å². The van der Waals surface area contributed by atoms with Crippen molar-refractivity contribution in [1.82, 2.24) is 25.1 Å². The van der Waals surface area contributed by atoms with Gasteiger partial charge in [0.2, 0.25) is 5.91 Å². The lowest BCUT2D eigenvalue weighted by Gasteiger charge is -2.38. The van der Waals surface area contributed by atoms with Gasteiger partial charge < -0.3 is 10.4 Å². The maximum Gasteiger partial charge on any atom is 0.247 e. The molecule has 2 aliphatic rings.